The Labute approximate surface area is 96.2 Å². The molecule has 1 aliphatic carbocycles. The van der Waals surface area contributed by atoms with Gasteiger partial charge in [0.15, 0.2) is 0 Å². The number of halogens is 4. The first-order chi connectivity index (χ1) is 7.50. The van der Waals surface area contributed by atoms with E-state index in [0.717, 1.165) is 18.9 Å². The van der Waals surface area contributed by atoms with Crippen LogP contribution in [0.2, 0.25) is 0 Å². The van der Waals surface area contributed by atoms with Gasteiger partial charge in [0.05, 0.1) is 11.7 Å². The largest absolute Gasteiger partial charge is 0.490 e. The molecule has 1 nitrogen and oxygen atoms in total. The second kappa shape index (κ2) is 4.17. The van der Waals surface area contributed by atoms with E-state index in [2.05, 4.69) is 0 Å². The van der Waals surface area contributed by atoms with E-state index in [1.54, 1.807) is 6.07 Å². The number of benzene rings is 1. The van der Waals surface area contributed by atoms with Gasteiger partial charge in [0.2, 0.25) is 0 Å². The van der Waals surface area contributed by atoms with Gasteiger partial charge in [0.1, 0.15) is 5.75 Å². The zero-order valence-electron chi connectivity index (χ0n) is 8.35. The number of ether oxygens (including phenoxy) is 1. The molecule has 1 saturated carbocycles. The minimum absolute atomic E-state index is 0.0528. The Hall–Kier alpha value is -0.900. The van der Waals surface area contributed by atoms with Crippen molar-refractivity contribution in [2.75, 3.05) is 0 Å². The van der Waals surface area contributed by atoms with Crippen LogP contribution in [0.3, 0.4) is 0 Å². The van der Waals surface area contributed by atoms with Crippen molar-refractivity contribution in [3.63, 3.8) is 0 Å². The molecule has 0 amide bonds. The highest BCUT2D eigenvalue weighted by atomic mass is 35.5. The van der Waals surface area contributed by atoms with E-state index in [9.17, 15) is 13.2 Å². The first-order valence-corrected chi connectivity index (χ1v) is 5.47. The van der Waals surface area contributed by atoms with Crippen molar-refractivity contribution in [2.45, 2.75) is 31.0 Å². The van der Waals surface area contributed by atoms with Crippen LogP contribution in [-0.2, 0) is 12.1 Å². The third-order valence-electron chi connectivity index (χ3n) is 2.32. The van der Waals surface area contributed by atoms with Crippen LogP contribution in [0, 0.1) is 0 Å². The normalized spacial score (nSPS) is 16.2. The maximum absolute atomic E-state index is 12.7. The average Bonchev–Trinajstić information content (AvgIpc) is 3.01. The van der Waals surface area contributed by atoms with Crippen molar-refractivity contribution in [3.05, 3.63) is 29.3 Å². The quantitative estimate of drug-likeness (QED) is 0.737. The van der Waals surface area contributed by atoms with Gasteiger partial charge < -0.3 is 4.74 Å². The lowest BCUT2D eigenvalue weighted by Crippen LogP contribution is -2.10. The minimum atomic E-state index is -4.40. The van der Waals surface area contributed by atoms with E-state index in [0.29, 0.717) is 5.56 Å². The Morgan fingerprint density at radius 3 is 2.50 bits per heavy atom. The fraction of sp³-hybridized carbons (Fsp3) is 0.455. The van der Waals surface area contributed by atoms with Gasteiger partial charge >= 0.3 is 6.18 Å². The Bertz CT molecular complexity index is 385. The Balaban J connectivity index is 2.33. The van der Waals surface area contributed by atoms with Crippen molar-refractivity contribution >= 4 is 11.6 Å². The van der Waals surface area contributed by atoms with Crippen molar-refractivity contribution in [2.24, 2.45) is 0 Å². The van der Waals surface area contributed by atoms with Gasteiger partial charge in [-0.3, -0.25) is 0 Å². The highest BCUT2D eigenvalue weighted by molar-refractivity contribution is 6.17. The second-order valence-electron chi connectivity index (χ2n) is 3.78. The van der Waals surface area contributed by atoms with Crippen molar-refractivity contribution in [3.8, 4) is 5.75 Å². The molecule has 0 heterocycles. The van der Waals surface area contributed by atoms with E-state index >= 15 is 0 Å². The lowest BCUT2D eigenvalue weighted by molar-refractivity contribution is -0.139. The molecule has 1 aliphatic rings. The number of hydrogen-bond donors (Lipinski definition) is 0. The molecule has 0 atom stereocenters. The highest BCUT2D eigenvalue weighted by Gasteiger charge is 2.36. The summed E-state index contributed by atoms with van der Waals surface area (Å²) >= 11 is 5.51. The van der Waals surface area contributed by atoms with Crippen molar-refractivity contribution in [1.82, 2.24) is 0 Å². The van der Waals surface area contributed by atoms with Gasteiger partial charge in [-0.15, -0.1) is 11.6 Å². The molecule has 0 saturated heterocycles. The molecule has 1 aromatic rings. The van der Waals surface area contributed by atoms with Crippen LogP contribution in [-0.4, -0.2) is 6.10 Å². The second-order valence-corrected chi connectivity index (χ2v) is 4.05. The van der Waals surface area contributed by atoms with Crippen LogP contribution in [0.15, 0.2) is 18.2 Å². The fourth-order valence-corrected chi connectivity index (χ4v) is 1.52. The smallest absolute Gasteiger partial charge is 0.419 e. The van der Waals surface area contributed by atoms with Gasteiger partial charge in [-0.05, 0) is 30.5 Å². The maximum Gasteiger partial charge on any atom is 0.419 e. The van der Waals surface area contributed by atoms with Gasteiger partial charge in [-0.1, -0.05) is 6.07 Å². The zero-order chi connectivity index (χ0) is 11.8. The van der Waals surface area contributed by atoms with Crippen LogP contribution in [0.25, 0.3) is 0 Å². The summed E-state index contributed by atoms with van der Waals surface area (Å²) in [4.78, 5) is 0. The number of hydrogen-bond acceptors (Lipinski definition) is 1. The van der Waals surface area contributed by atoms with E-state index in [4.69, 9.17) is 16.3 Å². The van der Waals surface area contributed by atoms with Gasteiger partial charge in [-0.25, -0.2) is 0 Å². The average molecular weight is 251 g/mol. The molecular formula is C11H10ClF3O. The topological polar surface area (TPSA) is 9.23 Å². The van der Waals surface area contributed by atoms with Crippen molar-refractivity contribution < 1.29 is 17.9 Å². The third kappa shape index (κ3) is 2.61. The fourth-order valence-electron chi connectivity index (χ4n) is 1.35. The monoisotopic (exact) mass is 250 g/mol. The Morgan fingerprint density at radius 1 is 1.31 bits per heavy atom. The summed E-state index contributed by atoms with van der Waals surface area (Å²) < 4.78 is 43.4. The summed E-state index contributed by atoms with van der Waals surface area (Å²) in [5.74, 6) is -0.0314. The Kier molecular flexibility index (Phi) is 3.02. The van der Waals surface area contributed by atoms with E-state index in [1.165, 1.54) is 6.07 Å². The van der Waals surface area contributed by atoms with Gasteiger partial charge in [0, 0.05) is 5.88 Å². The number of alkyl halides is 4. The minimum Gasteiger partial charge on any atom is -0.490 e. The summed E-state index contributed by atoms with van der Waals surface area (Å²) in [6, 6.07) is 3.95. The molecule has 0 bridgehead atoms. The maximum atomic E-state index is 12.7. The lowest BCUT2D eigenvalue weighted by Gasteiger charge is -2.14. The molecule has 0 aromatic heterocycles. The molecule has 0 unspecified atom stereocenters. The summed E-state index contributed by atoms with van der Waals surface area (Å²) in [5.41, 5.74) is -0.297. The van der Waals surface area contributed by atoms with E-state index < -0.39 is 11.7 Å². The van der Waals surface area contributed by atoms with Gasteiger partial charge in [0.25, 0.3) is 0 Å². The summed E-state index contributed by atoms with van der Waals surface area (Å²) in [7, 11) is 0. The molecule has 1 aromatic carbocycles. The molecule has 0 aliphatic heterocycles. The van der Waals surface area contributed by atoms with Crippen LogP contribution < -0.4 is 4.74 Å². The highest BCUT2D eigenvalue weighted by Crippen LogP contribution is 2.39. The SMILES string of the molecule is FC(F)(F)c1cc(CCl)ccc1OC1CC1. The first-order valence-electron chi connectivity index (χ1n) is 4.93. The molecule has 88 valence electrons. The van der Waals surface area contributed by atoms with E-state index in [1.807, 2.05) is 0 Å². The molecule has 16 heavy (non-hydrogen) atoms. The van der Waals surface area contributed by atoms with Crippen LogP contribution >= 0.6 is 11.6 Å². The zero-order valence-corrected chi connectivity index (χ0v) is 9.11. The molecule has 2 rings (SSSR count). The summed E-state index contributed by atoms with van der Waals surface area (Å²) in [6.45, 7) is 0. The molecule has 0 radical (unpaired) electrons. The van der Waals surface area contributed by atoms with E-state index in [-0.39, 0.29) is 17.7 Å². The molecule has 1 fully saturated rings. The molecule has 5 heteroatoms. The summed E-state index contributed by atoms with van der Waals surface area (Å²) in [6.07, 6.45) is -2.79. The third-order valence-corrected chi connectivity index (χ3v) is 2.63. The van der Waals surface area contributed by atoms with Crippen LogP contribution in [0.5, 0.6) is 5.75 Å². The Morgan fingerprint density at radius 2 is 2.00 bits per heavy atom. The summed E-state index contributed by atoms with van der Waals surface area (Å²) in [5, 5.41) is 0. The molecule has 0 N–H and O–H groups in total. The van der Waals surface area contributed by atoms with Crippen LogP contribution in [0.4, 0.5) is 13.2 Å². The van der Waals surface area contributed by atoms with Gasteiger partial charge in [-0.2, -0.15) is 13.2 Å². The van der Waals surface area contributed by atoms with Crippen LogP contribution in [0.1, 0.15) is 24.0 Å². The number of rotatable bonds is 3. The molecular weight excluding hydrogens is 241 g/mol. The first kappa shape index (κ1) is 11.6. The van der Waals surface area contributed by atoms with Crippen molar-refractivity contribution in [1.29, 1.82) is 0 Å². The standard InChI is InChI=1S/C11H10ClF3O/c12-6-7-1-4-10(16-8-2-3-8)9(5-7)11(13,14)15/h1,4-5,8H,2-3,6H2. The predicted octanol–water partition coefficient (Wildman–Crippen LogP) is 3.99. The lowest BCUT2D eigenvalue weighted by atomic mass is 10.1. The molecule has 0 spiro atoms. The predicted molar refractivity (Wildman–Crippen MR) is 54.7 cm³/mol.